The second-order valence-electron chi connectivity index (χ2n) is 11.5. The fraction of sp³-hybridized carbons (Fsp3) is 0.474. The molecule has 0 aliphatic carbocycles. The highest BCUT2D eigenvalue weighted by Crippen LogP contribution is 2.24. The van der Waals surface area contributed by atoms with E-state index in [-0.39, 0.29) is 18.4 Å². The Morgan fingerprint density at radius 3 is 1.84 bits per heavy atom. The van der Waals surface area contributed by atoms with Gasteiger partial charge in [-0.2, -0.15) is 0 Å². The molecule has 0 amide bonds. The summed E-state index contributed by atoms with van der Waals surface area (Å²) < 4.78 is 16.7. The molecular weight excluding hydrogens is 536 g/mol. The molecule has 5 nitrogen and oxygen atoms in total. The van der Waals surface area contributed by atoms with Crippen molar-refractivity contribution in [1.29, 1.82) is 0 Å². The zero-order valence-electron chi connectivity index (χ0n) is 26.4. The predicted octanol–water partition coefficient (Wildman–Crippen LogP) is 10.0. The van der Waals surface area contributed by atoms with Crippen molar-refractivity contribution in [2.75, 3.05) is 13.2 Å². The molecule has 0 aliphatic rings. The van der Waals surface area contributed by atoms with E-state index in [2.05, 4.69) is 50.2 Å². The van der Waals surface area contributed by atoms with Crippen molar-refractivity contribution in [2.45, 2.75) is 97.8 Å². The van der Waals surface area contributed by atoms with Crippen molar-refractivity contribution in [1.82, 2.24) is 0 Å². The SMILES string of the molecule is CCCCCCCCCCCOc1ccc(-c2ccc(CCC(=O)Oc3ccc(C(=O)OCC(C)CC)cc3)cc2)cc1. The van der Waals surface area contributed by atoms with Crippen LogP contribution in [0, 0.1) is 5.92 Å². The third-order valence-electron chi connectivity index (χ3n) is 7.79. The highest BCUT2D eigenvalue weighted by molar-refractivity contribution is 5.89. The number of rotatable bonds is 20. The highest BCUT2D eigenvalue weighted by Gasteiger charge is 2.11. The first kappa shape index (κ1) is 33.9. The maximum Gasteiger partial charge on any atom is 0.338 e. The Labute approximate surface area is 259 Å². The molecule has 1 atom stereocenters. The van der Waals surface area contributed by atoms with E-state index in [4.69, 9.17) is 14.2 Å². The van der Waals surface area contributed by atoms with Crippen molar-refractivity contribution in [3.8, 4) is 22.6 Å². The Bertz CT molecular complexity index is 1200. The molecule has 0 bridgehead atoms. The van der Waals surface area contributed by atoms with Crippen LogP contribution in [0.15, 0.2) is 72.8 Å². The highest BCUT2D eigenvalue weighted by atomic mass is 16.5. The predicted molar refractivity (Wildman–Crippen MR) is 175 cm³/mol. The molecule has 3 aromatic rings. The minimum absolute atomic E-state index is 0.267. The van der Waals surface area contributed by atoms with Gasteiger partial charge >= 0.3 is 11.9 Å². The number of carbonyl (C=O) groups excluding carboxylic acids is 2. The zero-order valence-corrected chi connectivity index (χ0v) is 26.4. The summed E-state index contributed by atoms with van der Waals surface area (Å²) in [4.78, 5) is 24.5. The first-order valence-electron chi connectivity index (χ1n) is 16.3. The van der Waals surface area contributed by atoms with Crippen molar-refractivity contribution >= 4 is 11.9 Å². The third-order valence-corrected chi connectivity index (χ3v) is 7.79. The molecule has 0 aliphatic heterocycles. The van der Waals surface area contributed by atoms with E-state index < -0.39 is 0 Å². The number of carbonyl (C=O) groups is 2. The number of ether oxygens (including phenoxy) is 3. The molecule has 3 rings (SSSR count). The minimum Gasteiger partial charge on any atom is -0.494 e. The van der Waals surface area contributed by atoms with Crippen molar-refractivity contribution in [3.63, 3.8) is 0 Å². The summed E-state index contributed by atoms with van der Waals surface area (Å²) in [6, 6.07) is 23.0. The normalized spacial score (nSPS) is 11.6. The largest absolute Gasteiger partial charge is 0.494 e. The Balaban J connectivity index is 1.34. The summed E-state index contributed by atoms with van der Waals surface area (Å²) in [5.74, 6) is 0.976. The van der Waals surface area contributed by atoms with Gasteiger partial charge in [0.1, 0.15) is 11.5 Å². The first-order valence-corrected chi connectivity index (χ1v) is 16.3. The quantitative estimate of drug-likeness (QED) is 0.0749. The molecule has 0 saturated carbocycles. The molecule has 0 aromatic heterocycles. The van der Waals surface area contributed by atoms with Crippen LogP contribution in [0.3, 0.4) is 0 Å². The van der Waals surface area contributed by atoms with Gasteiger partial charge in [-0.05, 0) is 71.8 Å². The Hall–Kier alpha value is -3.60. The lowest BCUT2D eigenvalue weighted by Gasteiger charge is -2.10. The lowest BCUT2D eigenvalue weighted by molar-refractivity contribution is -0.134. The topological polar surface area (TPSA) is 61.8 Å². The molecule has 0 N–H and O–H groups in total. The number of hydrogen-bond acceptors (Lipinski definition) is 5. The van der Waals surface area contributed by atoms with Crippen LogP contribution < -0.4 is 9.47 Å². The average Bonchev–Trinajstić information content (AvgIpc) is 3.04. The van der Waals surface area contributed by atoms with Crippen LogP contribution in [0.4, 0.5) is 0 Å². The van der Waals surface area contributed by atoms with E-state index >= 15 is 0 Å². The van der Waals surface area contributed by atoms with Gasteiger partial charge in [-0.1, -0.05) is 115 Å². The molecule has 0 heterocycles. The Morgan fingerprint density at radius 1 is 0.674 bits per heavy atom. The summed E-state index contributed by atoms with van der Waals surface area (Å²) in [6.07, 6.45) is 13.6. The minimum atomic E-state index is -0.366. The number of hydrogen-bond donors (Lipinski definition) is 0. The summed E-state index contributed by atoms with van der Waals surface area (Å²) in [6.45, 7) is 7.53. The van der Waals surface area contributed by atoms with E-state index in [1.807, 2.05) is 19.1 Å². The lowest BCUT2D eigenvalue weighted by Crippen LogP contribution is -2.12. The zero-order chi connectivity index (χ0) is 30.7. The second kappa shape index (κ2) is 19.6. The van der Waals surface area contributed by atoms with Crippen LogP contribution in [0.2, 0.25) is 0 Å². The molecule has 1 unspecified atom stereocenters. The Morgan fingerprint density at radius 2 is 1.23 bits per heavy atom. The fourth-order valence-corrected chi connectivity index (χ4v) is 4.72. The molecule has 232 valence electrons. The molecule has 0 fully saturated rings. The van der Waals surface area contributed by atoms with Gasteiger partial charge < -0.3 is 14.2 Å². The standard InChI is InChI=1S/C38H50O5/c1-4-6-7-8-9-10-11-12-13-28-41-35-23-19-33(20-24-35)32-17-14-31(15-18-32)16-27-37(39)43-36-25-21-34(22-26-36)38(40)42-29-30(3)5-2/h14-15,17-26,30H,4-13,16,27-29H2,1-3H3. The van der Waals surface area contributed by atoms with Crippen molar-refractivity contribution < 1.29 is 23.8 Å². The molecular formula is C38H50O5. The van der Waals surface area contributed by atoms with Crippen molar-refractivity contribution in [3.05, 3.63) is 83.9 Å². The van der Waals surface area contributed by atoms with Crippen LogP contribution in [-0.2, 0) is 16.0 Å². The van der Waals surface area contributed by atoms with Crippen LogP contribution in [0.1, 0.15) is 107 Å². The second-order valence-corrected chi connectivity index (χ2v) is 11.5. The van der Waals surface area contributed by atoms with Crippen molar-refractivity contribution in [2.24, 2.45) is 5.92 Å². The van der Waals surface area contributed by atoms with E-state index in [0.29, 0.717) is 30.3 Å². The maximum absolute atomic E-state index is 12.4. The van der Waals surface area contributed by atoms with Crippen LogP contribution in [-0.4, -0.2) is 25.2 Å². The van der Waals surface area contributed by atoms with Gasteiger partial charge in [0.05, 0.1) is 18.8 Å². The number of aryl methyl sites for hydroxylation is 1. The average molecular weight is 587 g/mol. The van der Waals surface area contributed by atoms with Gasteiger partial charge in [0.25, 0.3) is 0 Å². The van der Waals surface area contributed by atoms with Gasteiger partial charge in [0.2, 0.25) is 0 Å². The monoisotopic (exact) mass is 586 g/mol. The third kappa shape index (κ3) is 13.1. The first-order chi connectivity index (χ1) is 21.0. The van der Waals surface area contributed by atoms with Gasteiger partial charge in [-0.15, -0.1) is 0 Å². The van der Waals surface area contributed by atoms with Gasteiger partial charge in [0.15, 0.2) is 0 Å². The van der Waals surface area contributed by atoms with Crippen LogP contribution in [0.5, 0.6) is 11.5 Å². The van der Waals surface area contributed by atoms with Gasteiger partial charge in [0, 0.05) is 6.42 Å². The van der Waals surface area contributed by atoms with E-state index in [9.17, 15) is 9.59 Å². The van der Waals surface area contributed by atoms with E-state index in [1.54, 1.807) is 24.3 Å². The van der Waals surface area contributed by atoms with Crippen LogP contribution >= 0.6 is 0 Å². The van der Waals surface area contributed by atoms with E-state index in [0.717, 1.165) is 41.9 Å². The van der Waals surface area contributed by atoms with Gasteiger partial charge in [-0.3, -0.25) is 4.79 Å². The Kier molecular flexibility index (Phi) is 15.4. The van der Waals surface area contributed by atoms with Gasteiger partial charge in [-0.25, -0.2) is 4.79 Å². The number of unbranched alkanes of at least 4 members (excludes halogenated alkanes) is 8. The summed E-state index contributed by atoms with van der Waals surface area (Å²) in [5, 5.41) is 0. The van der Waals surface area contributed by atoms with Crippen LogP contribution in [0.25, 0.3) is 11.1 Å². The summed E-state index contributed by atoms with van der Waals surface area (Å²) in [5.41, 5.74) is 3.77. The number of benzene rings is 3. The molecule has 0 spiro atoms. The molecule has 3 aromatic carbocycles. The molecule has 0 radical (unpaired) electrons. The smallest absolute Gasteiger partial charge is 0.338 e. The maximum atomic E-state index is 12.4. The van der Waals surface area contributed by atoms with E-state index in [1.165, 1.54) is 51.4 Å². The summed E-state index contributed by atoms with van der Waals surface area (Å²) >= 11 is 0. The number of esters is 2. The fourth-order valence-electron chi connectivity index (χ4n) is 4.72. The molecule has 43 heavy (non-hydrogen) atoms. The summed E-state index contributed by atoms with van der Waals surface area (Å²) in [7, 11) is 0. The molecule has 0 saturated heterocycles. The molecule has 5 heteroatoms. The lowest BCUT2D eigenvalue weighted by atomic mass is 10.0.